The summed E-state index contributed by atoms with van der Waals surface area (Å²) < 4.78 is 5.19. The molecule has 2 N–H and O–H groups in total. The minimum absolute atomic E-state index is 0.0777. The topological polar surface area (TPSA) is 61.0 Å². The van der Waals surface area contributed by atoms with E-state index in [4.69, 9.17) is 10.5 Å². The van der Waals surface area contributed by atoms with Crippen molar-refractivity contribution >= 4 is 0 Å². The Hall–Kier alpha value is -1.16. The van der Waals surface area contributed by atoms with E-state index in [1.807, 2.05) is 0 Å². The minimum Gasteiger partial charge on any atom is -0.493 e. The third kappa shape index (κ3) is 1.27. The Labute approximate surface area is 77.1 Å². The first-order chi connectivity index (χ1) is 6.32. The van der Waals surface area contributed by atoms with Gasteiger partial charge in [0.1, 0.15) is 6.33 Å². The fraction of sp³-hybridized carbons (Fsp3) is 0.556. The smallest absolute Gasteiger partial charge is 0.159 e. The second-order valence-corrected chi connectivity index (χ2v) is 3.42. The van der Waals surface area contributed by atoms with Crippen molar-refractivity contribution in [3.8, 4) is 5.75 Å². The predicted octanol–water partition coefficient (Wildman–Crippen LogP) is 0.475. The van der Waals surface area contributed by atoms with Gasteiger partial charge in [-0.3, -0.25) is 0 Å². The van der Waals surface area contributed by atoms with E-state index in [0.717, 1.165) is 24.3 Å². The highest BCUT2D eigenvalue weighted by atomic mass is 16.5. The van der Waals surface area contributed by atoms with Crippen LogP contribution >= 0.6 is 0 Å². The van der Waals surface area contributed by atoms with Crippen LogP contribution in [0.2, 0.25) is 0 Å². The number of ether oxygens (including phenoxy) is 1. The molecule has 0 amide bonds. The van der Waals surface area contributed by atoms with E-state index in [0.29, 0.717) is 6.54 Å². The van der Waals surface area contributed by atoms with Gasteiger partial charge >= 0.3 is 0 Å². The Morgan fingerprint density at radius 1 is 1.62 bits per heavy atom. The lowest BCUT2D eigenvalue weighted by Gasteiger charge is -2.14. The normalized spacial score (nSPS) is 18.3. The van der Waals surface area contributed by atoms with E-state index < -0.39 is 0 Å². The lowest BCUT2D eigenvalue weighted by Crippen LogP contribution is -2.21. The van der Waals surface area contributed by atoms with Gasteiger partial charge in [-0.15, -0.1) is 0 Å². The van der Waals surface area contributed by atoms with Crippen molar-refractivity contribution in [1.82, 2.24) is 9.97 Å². The summed E-state index contributed by atoms with van der Waals surface area (Å²) in [5, 5.41) is 0. The molecule has 13 heavy (non-hydrogen) atoms. The van der Waals surface area contributed by atoms with Gasteiger partial charge in [0.25, 0.3) is 0 Å². The van der Waals surface area contributed by atoms with Crippen LogP contribution in [-0.2, 0) is 5.41 Å². The van der Waals surface area contributed by atoms with Crippen molar-refractivity contribution in [2.75, 3.05) is 13.7 Å². The molecule has 0 atom stereocenters. The Balaban J connectivity index is 2.39. The fourth-order valence-electron chi connectivity index (χ4n) is 1.55. The van der Waals surface area contributed by atoms with Gasteiger partial charge in [-0.05, 0) is 12.8 Å². The maximum Gasteiger partial charge on any atom is 0.159 e. The molecule has 1 aromatic rings. The van der Waals surface area contributed by atoms with Crippen LogP contribution in [0.15, 0.2) is 12.5 Å². The molecular weight excluding hydrogens is 166 g/mol. The van der Waals surface area contributed by atoms with E-state index in [1.165, 1.54) is 0 Å². The summed E-state index contributed by atoms with van der Waals surface area (Å²) in [5.41, 5.74) is 6.75. The number of hydrogen-bond donors (Lipinski definition) is 1. The molecule has 0 spiro atoms. The van der Waals surface area contributed by atoms with Gasteiger partial charge < -0.3 is 10.5 Å². The van der Waals surface area contributed by atoms with Crippen LogP contribution in [0.5, 0.6) is 5.75 Å². The molecule has 4 nitrogen and oxygen atoms in total. The molecule has 2 rings (SSSR count). The number of methoxy groups -OCH3 is 1. The molecule has 0 aromatic carbocycles. The van der Waals surface area contributed by atoms with Crippen molar-refractivity contribution in [3.05, 3.63) is 18.2 Å². The van der Waals surface area contributed by atoms with Crippen LogP contribution in [0.4, 0.5) is 0 Å². The summed E-state index contributed by atoms with van der Waals surface area (Å²) in [6.45, 7) is 0.639. The highest BCUT2D eigenvalue weighted by Gasteiger charge is 2.46. The molecule has 70 valence electrons. The van der Waals surface area contributed by atoms with Crippen molar-refractivity contribution in [2.45, 2.75) is 18.3 Å². The molecule has 0 saturated heterocycles. The molecule has 0 radical (unpaired) electrons. The lowest BCUT2D eigenvalue weighted by molar-refractivity contribution is 0.397. The molecule has 4 heteroatoms. The molecule has 1 saturated carbocycles. The van der Waals surface area contributed by atoms with E-state index in [-0.39, 0.29) is 5.41 Å². The number of nitrogens with two attached hydrogens (primary N) is 1. The van der Waals surface area contributed by atoms with E-state index >= 15 is 0 Å². The quantitative estimate of drug-likeness (QED) is 0.733. The molecule has 0 aliphatic heterocycles. The molecule has 0 unspecified atom stereocenters. The van der Waals surface area contributed by atoms with Crippen molar-refractivity contribution in [1.29, 1.82) is 0 Å². The summed E-state index contributed by atoms with van der Waals surface area (Å²) in [5.74, 6) is 0.755. The van der Waals surface area contributed by atoms with Crippen LogP contribution in [0.25, 0.3) is 0 Å². The molecule has 1 fully saturated rings. The standard InChI is InChI=1S/C9H13N3O/c1-13-7-4-11-6-12-8(7)9(5-10)2-3-9/h4,6H,2-3,5,10H2,1H3. The molecule has 1 aliphatic rings. The maximum absolute atomic E-state index is 5.71. The van der Waals surface area contributed by atoms with E-state index in [1.54, 1.807) is 19.6 Å². The summed E-state index contributed by atoms with van der Waals surface area (Å²) in [7, 11) is 1.63. The first-order valence-electron chi connectivity index (χ1n) is 4.37. The summed E-state index contributed by atoms with van der Waals surface area (Å²) >= 11 is 0. The van der Waals surface area contributed by atoms with Crippen LogP contribution < -0.4 is 10.5 Å². The average Bonchev–Trinajstić information content (AvgIpc) is 2.98. The lowest BCUT2D eigenvalue weighted by atomic mass is 10.0. The third-order valence-corrected chi connectivity index (χ3v) is 2.65. The van der Waals surface area contributed by atoms with Crippen LogP contribution in [0.1, 0.15) is 18.5 Å². The predicted molar refractivity (Wildman–Crippen MR) is 48.6 cm³/mol. The van der Waals surface area contributed by atoms with Gasteiger partial charge in [0.15, 0.2) is 5.75 Å². The van der Waals surface area contributed by atoms with Gasteiger partial charge in [0.2, 0.25) is 0 Å². The van der Waals surface area contributed by atoms with Gasteiger partial charge in [-0.2, -0.15) is 0 Å². The zero-order chi connectivity index (χ0) is 9.31. The Kier molecular flexibility index (Phi) is 1.92. The molecule has 0 bridgehead atoms. The van der Waals surface area contributed by atoms with Gasteiger partial charge in [0, 0.05) is 12.0 Å². The van der Waals surface area contributed by atoms with Gasteiger partial charge in [-0.1, -0.05) is 0 Å². The number of rotatable bonds is 3. The second-order valence-electron chi connectivity index (χ2n) is 3.42. The zero-order valence-corrected chi connectivity index (χ0v) is 7.66. The first-order valence-corrected chi connectivity index (χ1v) is 4.37. The van der Waals surface area contributed by atoms with Crippen LogP contribution in [0, 0.1) is 0 Å². The minimum atomic E-state index is 0.0777. The fourth-order valence-corrected chi connectivity index (χ4v) is 1.55. The number of hydrogen-bond acceptors (Lipinski definition) is 4. The summed E-state index contributed by atoms with van der Waals surface area (Å²) in [6.07, 6.45) is 5.46. The number of aromatic nitrogens is 2. The summed E-state index contributed by atoms with van der Waals surface area (Å²) in [6, 6.07) is 0. The van der Waals surface area contributed by atoms with Gasteiger partial charge in [-0.25, -0.2) is 9.97 Å². The third-order valence-electron chi connectivity index (χ3n) is 2.65. The molecular formula is C9H13N3O. The molecule has 1 heterocycles. The highest BCUT2D eigenvalue weighted by Crippen LogP contribution is 2.48. The van der Waals surface area contributed by atoms with Crippen LogP contribution in [0.3, 0.4) is 0 Å². The first kappa shape index (κ1) is 8.44. The SMILES string of the molecule is COc1cncnc1C1(CN)CC1. The molecule has 1 aromatic heterocycles. The van der Waals surface area contributed by atoms with Crippen LogP contribution in [-0.4, -0.2) is 23.6 Å². The number of nitrogens with zero attached hydrogens (tertiary/aromatic N) is 2. The largest absolute Gasteiger partial charge is 0.493 e. The Morgan fingerprint density at radius 2 is 2.38 bits per heavy atom. The summed E-state index contributed by atoms with van der Waals surface area (Å²) in [4.78, 5) is 8.15. The van der Waals surface area contributed by atoms with Crippen molar-refractivity contribution in [3.63, 3.8) is 0 Å². The van der Waals surface area contributed by atoms with Gasteiger partial charge in [0.05, 0.1) is 19.0 Å². The monoisotopic (exact) mass is 179 g/mol. The van der Waals surface area contributed by atoms with Crippen molar-refractivity contribution in [2.24, 2.45) is 5.73 Å². The highest BCUT2D eigenvalue weighted by molar-refractivity contribution is 5.36. The molecule has 1 aliphatic carbocycles. The maximum atomic E-state index is 5.71. The van der Waals surface area contributed by atoms with E-state index in [2.05, 4.69) is 9.97 Å². The Bertz CT molecular complexity index is 309. The average molecular weight is 179 g/mol. The zero-order valence-electron chi connectivity index (χ0n) is 7.66. The second kappa shape index (κ2) is 2.96. The Morgan fingerprint density at radius 3 is 2.92 bits per heavy atom. The van der Waals surface area contributed by atoms with E-state index in [9.17, 15) is 0 Å². The van der Waals surface area contributed by atoms with Crippen molar-refractivity contribution < 1.29 is 4.74 Å².